The van der Waals surface area contributed by atoms with Crippen LogP contribution in [0.3, 0.4) is 0 Å². The molecule has 7 nitrogen and oxygen atoms in total. The number of aromatic nitrogens is 1. The SMILES string of the molecule is C=C(CCCC)/C(=C/C[C@H](OC(=O)c1ccncc1)c1ccccc1OCCO)B1OC(C)(C)C(C)(C)O1. The minimum atomic E-state index is -0.665. The van der Waals surface area contributed by atoms with Gasteiger partial charge in [0.15, 0.2) is 0 Å². The molecule has 204 valence electrons. The largest absolute Gasteiger partial charge is 0.494 e. The zero-order valence-electron chi connectivity index (χ0n) is 23.2. The Kier molecular flexibility index (Phi) is 10.3. The Morgan fingerprint density at radius 3 is 2.42 bits per heavy atom. The van der Waals surface area contributed by atoms with Crippen molar-refractivity contribution in [1.82, 2.24) is 4.98 Å². The average Bonchev–Trinajstić information content (AvgIpc) is 3.12. The minimum absolute atomic E-state index is 0.126. The highest BCUT2D eigenvalue weighted by atomic mass is 16.7. The van der Waals surface area contributed by atoms with E-state index < -0.39 is 30.4 Å². The number of para-hydroxylation sites is 1. The van der Waals surface area contributed by atoms with E-state index in [0.717, 1.165) is 30.3 Å². The smallest absolute Gasteiger partial charge is 0.491 e. The van der Waals surface area contributed by atoms with Gasteiger partial charge in [-0.1, -0.05) is 49.8 Å². The van der Waals surface area contributed by atoms with Crippen LogP contribution >= 0.6 is 0 Å². The molecule has 1 aromatic heterocycles. The fraction of sp³-hybridized carbons (Fsp3) is 0.467. The van der Waals surface area contributed by atoms with E-state index in [1.165, 1.54) is 0 Å². The summed E-state index contributed by atoms with van der Waals surface area (Å²) >= 11 is 0. The number of carbonyl (C=O) groups excluding carboxylic acids is 1. The first-order valence-electron chi connectivity index (χ1n) is 13.3. The fourth-order valence-corrected chi connectivity index (χ4v) is 4.10. The number of aliphatic hydroxyl groups excluding tert-OH is 1. The van der Waals surface area contributed by atoms with Gasteiger partial charge in [0.1, 0.15) is 18.5 Å². The molecule has 0 aliphatic carbocycles. The number of hydrogen-bond acceptors (Lipinski definition) is 7. The average molecular weight is 521 g/mol. The number of aliphatic hydroxyl groups is 1. The molecule has 0 unspecified atom stereocenters. The molecule has 1 aliphatic rings. The van der Waals surface area contributed by atoms with Crippen molar-refractivity contribution >= 4 is 13.1 Å². The lowest BCUT2D eigenvalue weighted by atomic mass is 9.72. The standard InChI is InChI=1S/C30H40BNO6/c1-7-8-11-22(2)25(31-37-29(3,4)30(5,6)38-31)14-15-27(36-28(34)23-16-18-32-19-17-23)24-12-9-10-13-26(24)35-21-20-33/h9-10,12-14,16-19,27,33H,2,7-8,11,15,20-21H2,1,3-6H3/b25-14-/t27-/m0/s1. The molecule has 0 amide bonds. The molecule has 1 aromatic carbocycles. The Hall–Kier alpha value is -2.94. The monoisotopic (exact) mass is 521 g/mol. The lowest BCUT2D eigenvalue weighted by Crippen LogP contribution is -2.41. The van der Waals surface area contributed by atoms with Gasteiger partial charge in [0, 0.05) is 24.4 Å². The first kappa shape index (κ1) is 29.6. The summed E-state index contributed by atoms with van der Waals surface area (Å²) in [5.74, 6) is 0.0780. The van der Waals surface area contributed by atoms with E-state index >= 15 is 0 Å². The summed E-state index contributed by atoms with van der Waals surface area (Å²) in [6, 6.07) is 10.6. The van der Waals surface area contributed by atoms with Gasteiger partial charge in [-0.3, -0.25) is 4.98 Å². The van der Waals surface area contributed by atoms with Crippen LogP contribution in [0.4, 0.5) is 0 Å². The molecule has 2 heterocycles. The van der Waals surface area contributed by atoms with Crippen molar-refractivity contribution in [3.05, 3.63) is 83.6 Å². The second kappa shape index (κ2) is 13.2. The maximum Gasteiger partial charge on any atom is 0.494 e. The lowest BCUT2D eigenvalue weighted by Gasteiger charge is -2.32. The van der Waals surface area contributed by atoms with E-state index in [4.69, 9.17) is 18.8 Å². The second-order valence-corrected chi connectivity index (χ2v) is 10.4. The van der Waals surface area contributed by atoms with Crippen molar-refractivity contribution in [1.29, 1.82) is 0 Å². The molecule has 1 atom stereocenters. The van der Waals surface area contributed by atoms with E-state index in [-0.39, 0.29) is 13.2 Å². The highest BCUT2D eigenvalue weighted by Crippen LogP contribution is 2.41. The van der Waals surface area contributed by atoms with Crippen LogP contribution in [0.15, 0.2) is 72.5 Å². The van der Waals surface area contributed by atoms with Crippen LogP contribution in [0.2, 0.25) is 0 Å². The van der Waals surface area contributed by atoms with Crippen LogP contribution in [0.5, 0.6) is 5.75 Å². The summed E-state index contributed by atoms with van der Waals surface area (Å²) in [6.07, 6.45) is 7.64. The van der Waals surface area contributed by atoms with Crippen LogP contribution in [0.1, 0.15) is 82.3 Å². The number of ether oxygens (including phenoxy) is 2. The Morgan fingerprint density at radius 2 is 1.79 bits per heavy atom. The van der Waals surface area contributed by atoms with Gasteiger partial charge in [0.05, 0.1) is 23.4 Å². The summed E-state index contributed by atoms with van der Waals surface area (Å²) in [6.45, 7) is 14.6. The molecule has 38 heavy (non-hydrogen) atoms. The van der Waals surface area contributed by atoms with Gasteiger partial charge in [-0.15, -0.1) is 0 Å². The summed E-state index contributed by atoms with van der Waals surface area (Å²) in [5, 5.41) is 9.30. The second-order valence-electron chi connectivity index (χ2n) is 10.4. The predicted octanol–water partition coefficient (Wildman–Crippen LogP) is 6.05. The Labute approximate surface area is 227 Å². The highest BCUT2D eigenvalue weighted by Gasteiger charge is 2.52. The van der Waals surface area contributed by atoms with Crippen LogP contribution in [0, 0.1) is 0 Å². The Morgan fingerprint density at radius 1 is 1.13 bits per heavy atom. The predicted molar refractivity (Wildman–Crippen MR) is 149 cm³/mol. The lowest BCUT2D eigenvalue weighted by molar-refractivity contribution is 0.00578. The van der Waals surface area contributed by atoms with Crippen LogP contribution < -0.4 is 4.74 Å². The number of carbonyl (C=O) groups is 1. The van der Waals surface area contributed by atoms with E-state index in [1.54, 1.807) is 30.6 Å². The molecular weight excluding hydrogens is 481 g/mol. The van der Waals surface area contributed by atoms with E-state index in [9.17, 15) is 9.90 Å². The number of pyridine rings is 1. The Balaban J connectivity index is 1.97. The van der Waals surface area contributed by atoms with Gasteiger partial charge in [-0.25, -0.2) is 4.79 Å². The summed E-state index contributed by atoms with van der Waals surface area (Å²) in [4.78, 5) is 17.1. The van der Waals surface area contributed by atoms with Gasteiger partial charge < -0.3 is 23.9 Å². The van der Waals surface area contributed by atoms with Crippen molar-refractivity contribution < 1.29 is 28.7 Å². The van der Waals surface area contributed by atoms with Crippen molar-refractivity contribution in [2.75, 3.05) is 13.2 Å². The maximum absolute atomic E-state index is 13.1. The van der Waals surface area contributed by atoms with E-state index in [0.29, 0.717) is 23.3 Å². The molecule has 1 N–H and O–H groups in total. The molecule has 1 fully saturated rings. The number of hydrogen-bond donors (Lipinski definition) is 1. The summed E-state index contributed by atoms with van der Waals surface area (Å²) in [5.41, 5.74) is 1.90. The molecule has 2 aromatic rings. The topological polar surface area (TPSA) is 87.1 Å². The first-order valence-corrected chi connectivity index (χ1v) is 13.3. The molecule has 0 saturated carbocycles. The van der Waals surface area contributed by atoms with Crippen LogP contribution in [-0.2, 0) is 14.0 Å². The van der Waals surface area contributed by atoms with E-state index in [1.807, 2.05) is 52.0 Å². The van der Waals surface area contributed by atoms with Crippen LogP contribution in [0.25, 0.3) is 0 Å². The molecule has 3 rings (SSSR count). The number of nitrogens with zero attached hydrogens (tertiary/aromatic N) is 1. The van der Waals surface area contributed by atoms with E-state index in [2.05, 4.69) is 18.5 Å². The normalized spacial score (nSPS) is 17.2. The van der Waals surface area contributed by atoms with Crippen molar-refractivity contribution in [3.63, 3.8) is 0 Å². The zero-order chi connectivity index (χ0) is 27.8. The zero-order valence-corrected chi connectivity index (χ0v) is 23.2. The van der Waals surface area contributed by atoms with Gasteiger partial charge in [0.2, 0.25) is 0 Å². The summed E-state index contributed by atoms with van der Waals surface area (Å²) in [7, 11) is -0.582. The number of rotatable bonds is 13. The van der Waals surface area contributed by atoms with Gasteiger partial charge in [-0.2, -0.15) is 0 Å². The summed E-state index contributed by atoms with van der Waals surface area (Å²) < 4.78 is 24.6. The molecular formula is C30H40BNO6. The Bertz CT molecular complexity index is 1100. The number of unbranched alkanes of at least 4 members (excludes halogenated alkanes) is 1. The van der Waals surface area contributed by atoms with Gasteiger partial charge >= 0.3 is 13.1 Å². The molecule has 0 bridgehead atoms. The highest BCUT2D eigenvalue weighted by molar-refractivity contribution is 6.56. The minimum Gasteiger partial charge on any atom is -0.491 e. The number of esters is 1. The molecule has 1 aliphatic heterocycles. The maximum atomic E-state index is 13.1. The number of allylic oxidation sites excluding steroid dienone is 2. The molecule has 8 heteroatoms. The third kappa shape index (κ3) is 7.34. The quantitative estimate of drug-likeness (QED) is 0.195. The van der Waals surface area contributed by atoms with Gasteiger partial charge in [0.25, 0.3) is 0 Å². The van der Waals surface area contributed by atoms with Crippen molar-refractivity contribution in [3.8, 4) is 5.75 Å². The molecule has 0 radical (unpaired) electrons. The number of benzene rings is 1. The molecule has 1 saturated heterocycles. The third-order valence-corrected chi connectivity index (χ3v) is 7.08. The fourth-order valence-electron chi connectivity index (χ4n) is 4.10. The molecule has 0 spiro atoms. The van der Waals surface area contributed by atoms with Crippen LogP contribution in [-0.4, -0.2) is 47.6 Å². The van der Waals surface area contributed by atoms with Crippen molar-refractivity contribution in [2.45, 2.75) is 77.6 Å². The van der Waals surface area contributed by atoms with Gasteiger partial charge in [-0.05, 0) is 64.2 Å². The first-order chi connectivity index (χ1) is 18.1. The van der Waals surface area contributed by atoms with Crippen molar-refractivity contribution in [2.24, 2.45) is 0 Å². The third-order valence-electron chi connectivity index (χ3n) is 7.08.